The zero-order valence-electron chi connectivity index (χ0n) is 12.5. The lowest BCUT2D eigenvalue weighted by Gasteiger charge is -2.06. The van der Waals surface area contributed by atoms with Crippen LogP contribution < -0.4 is 4.74 Å². The van der Waals surface area contributed by atoms with E-state index in [9.17, 15) is 4.79 Å². The first-order valence-electron chi connectivity index (χ1n) is 7.14. The van der Waals surface area contributed by atoms with Gasteiger partial charge in [-0.3, -0.25) is 4.79 Å². The van der Waals surface area contributed by atoms with Crippen molar-refractivity contribution in [3.8, 4) is 5.75 Å². The van der Waals surface area contributed by atoms with E-state index in [2.05, 4.69) is 6.92 Å². The second kappa shape index (κ2) is 7.89. The highest BCUT2D eigenvalue weighted by Gasteiger charge is 2.02. The molecule has 0 heterocycles. The third-order valence-corrected chi connectivity index (χ3v) is 4.12. The van der Waals surface area contributed by atoms with Gasteiger partial charge in [-0.25, -0.2) is 0 Å². The normalized spacial score (nSPS) is 10.4. The van der Waals surface area contributed by atoms with Crippen LogP contribution in [0.2, 0.25) is 0 Å². The second-order valence-corrected chi connectivity index (χ2v) is 5.98. The Morgan fingerprint density at radius 3 is 2.33 bits per heavy atom. The SMILES string of the molecule is CCC(=O)c1ccc(SCCOc2ccc(C)cc2)cc1. The van der Waals surface area contributed by atoms with Gasteiger partial charge in [0.25, 0.3) is 0 Å². The quantitative estimate of drug-likeness (QED) is 0.419. The van der Waals surface area contributed by atoms with Crippen LogP contribution in [0.3, 0.4) is 0 Å². The van der Waals surface area contributed by atoms with Crippen LogP contribution in [0.25, 0.3) is 0 Å². The van der Waals surface area contributed by atoms with E-state index >= 15 is 0 Å². The van der Waals surface area contributed by atoms with E-state index in [1.54, 1.807) is 11.8 Å². The molecule has 0 atom stereocenters. The van der Waals surface area contributed by atoms with Crippen LogP contribution in [-0.4, -0.2) is 18.1 Å². The maximum Gasteiger partial charge on any atom is 0.162 e. The predicted octanol–water partition coefficient (Wildman–Crippen LogP) is 4.76. The molecular formula is C18H20O2S. The zero-order valence-corrected chi connectivity index (χ0v) is 13.3. The van der Waals surface area contributed by atoms with E-state index < -0.39 is 0 Å². The third-order valence-electron chi connectivity index (χ3n) is 3.14. The zero-order chi connectivity index (χ0) is 15.1. The Hall–Kier alpha value is -1.74. The van der Waals surface area contributed by atoms with Crippen LogP contribution >= 0.6 is 11.8 Å². The van der Waals surface area contributed by atoms with Gasteiger partial charge < -0.3 is 4.74 Å². The number of carbonyl (C=O) groups is 1. The molecule has 0 amide bonds. The number of rotatable bonds is 7. The molecule has 0 bridgehead atoms. The maximum atomic E-state index is 11.5. The molecule has 110 valence electrons. The Morgan fingerprint density at radius 2 is 1.71 bits per heavy atom. The largest absolute Gasteiger partial charge is 0.493 e. The second-order valence-electron chi connectivity index (χ2n) is 4.81. The number of aryl methyl sites for hydroxylation is 1. The molecular weight excluding hydrogens is 280 g/mol. The Bertz CT molecular complexity index is 573. The Balaban J connectivity index is 1.75. The Kier molecular flexibility index (Phi) is 5.88. The van der Waals surface area contributed by atoms with Crippen molar-refractivity contribution in [3.63, 3.8) is 0 Å². The fourth-order valence-corrected chi connectivity index (χ4v) is 2.63. The molecule has 0 aliphatic heterocycles. The summed E-state index contributed by atoms with van der Waals surface area (Å²) in [4.78, 5) is 12.7. The van der Waals surface area contributed by atoms with Crippen molar-refractivity contribution in [3.05, 3.63) is 59.7 Å². The van der Waals surface area contributed by atoms with Gasteiger partial charge in [0.1, 0.15) is 5.75 Å². The minimum Gasteiger partial charge on any atom is -0.493 e. The molecule has 2 nitrogen and oxygen atoms in total. The molecule has 0 aliphatic carbocycles. The van der Waals surface area contributed by atoms with Gasteiger partial charge in [0, 0.05) is 22.6 Å². The highest BCUT2D eigenvalue weighted by Crippen LogP contribution is 2.19. The van der Waals surface area contributed by atoms with Crippen LogP contribution in [0, 0.1) is 6.92 Å². The number of carbonyl (C=O) groups excluding carboxylic acids is 1. The van der Waals surface area contributed by atoms with E-state index in [1.165, 1.54) is 5.56 Å². The van der Waals surface area contributed by atoms with Crippen molar-refractivity contribution in [1.29, 1.82) is 0 Å². The van der Waals surface area contributed by atoms with Crippen molar-refractivity contribution >= 4 is 17.5 Å². The van der Waals surface area contributed by atoms with Gasteiger partial charge in [0.2, 0.25) is 0 Å². The van der Waals surface area contributed by atoms with Crippen molar-refractivity contribution < 1.29 is 9.53 Å². The molecule has 2 rings (SSSR count). The molecule has 2 aromatic rings. The first kappa shape index (κ1) is 15.6. The van der Waals surface area contributed by atoms with Gasteiger partial charge in [0.05, 0.1) is 6.61 Å². The number of thioether (sulfide) groups is 1. The van der Waals surface area contributed by atoms with Crippen LogP contribution in [0.5, 0.6) is 5.75 Å². The van der Waals surface area contributed by atoms with E-state index in [4.69, 9.17) is 4.74 Å². The minimum atomic E-state index is 0.189. The van der Waals surface area contributed by atoms with Crippen LogP contribution in [0.15, 0.2) is 53.4 Å². The molecule has 3 heteroatoms. The van der Waals surface area contributed by atoms with Gasteiger partial charge >= 0.3 is 0 Å². The summed E-state index contributed by atoms with van der Waals surface area (Å²) in [6.45, 7) is 4.61. The summed E-state index contributed by atoms with van der Waals surface area (Å²) in [5, 5.41) is 0. The summed E-state index contributed by atoms with van der Waals surface area (Å²) < 4.78 is 5.69. The van der Waals surface area contributed by atoms with Gasteiger partial charge in [-0.1, -0.05) is 36.8 Å². The lowest BCUT2D eigenvalue weighted by molar-refractivity contribution is 0.0988. The number of hydrogen-bond donors (Lipinski definition) is 0. The standard InChI is InChI=1S/C18H20O2S/c1-3-18(19)15-6-10-17(11-7-15)21-13-12-20-16-8-4-14(2)5-9-16/h4-11H,3,12-13H2,1-2H3. The topological polar surface area (TPSA) is 26.3 Å². The molecule has 0 spiro atoms. The smallest absolute Gasteiger partial charge is 0.162 e. The van der Waals surface area contributed by atoms with Gasteiger partial charge in [0.15, 0.2) is 5.78 Å². The molecule has 0 aliphatic rings. The maximum absolute atomic E-state index is 11.5. The summed E-state index contributed by atoms with van der Waals surface area (Å²) in [5.74, 6) is 1.98. The number of ketones is 1. The lowest BCUT2D eigenvalue weighted by atomic mass is 10.1. The molecule has 0 unspecified atom stereocenters. The Morgan fingerprint density at radius 1 is 1.05 bits per heavy atom. The molecule has 0 saturated heterocycles. The molecule has 2 aromatic carbocycles. The van der Waals surface area contributed by atoms with Crippen molar-refractivity contribution in [2.75, 3.05) is 12.4 Å². The van der Waals surface area contributed by atoms with Crippen LogP contribution in [0.1, 0.15) is 29.3 Å². The molecule has 0 fully saturated rings. The van der Waals surface area contributed by atoms with Crippen LogP contribution in [-0.2, 0) is 0 Å². The number of ether oxygens (including phenoxy) is 1. The van der Waals surface area contributed by atoms with E-state index in [0.717, 1.165) is 22.0 Å². The van der Waals surface area contributed by atoms with Gasteiger partial charge in [-0.05, 0) is 31.2 Å². The monoisotopic (exact) mass is 300 g/mol. The van der Waals surface area contributed by atoms with Crippen molar-refractivity contribution in [1.82, 2.24) is 0 Å². The predicted molar refractivity (Wildman–Crippen MR) is 88.5 cm³/mol. The summed E-state index contributed by atoms with van der Waals surface area (Å²) in [7, 11) is 0. The number of Topliss-reactive ketones (excluding diaryl/α,β-unsaturated/α-hetero) is 1. The summed E-state index contributed by atoms with van der Waals surface area (Å²) in [6, 6.07) is 15.9. The molecule has 0 radical (unpaired) electrons. The van der Waals surface area contributed by atoms with E-state index in [0.29, 0.717) is 13.0 Å². The van der Waals surface area contributed by atoms with Gasteiger partial charge in [-0.15, -0.1) is 11.8 Å². The molecule has 21 heavy (non-hydrogen) atoms. The first-order chi connectivity index (χ1) is 10.2. The number of hydrogen-bond acceptors (Lipinski definition) is 3. The molecule has 0 saturated carbocycles. The average Bonchev–Trinajstić information content (AvgIpc) is 2.53. The van der Waals surface area contributed by atoms with Gasteiger partial charge in [-0.2, -0.15) is 0 Å². The summed E-state index contributed by atoms with van der Waals surface area (Å²) in [6.07, 6.45) is 0.552. The molecule has 0 aromatic heterocycles. The molecule has 0 N–H and O–H groups in total. The lowest BCUT2D eigenvalue weighted by Crippen LogP contribution is -2.00. The van der Waals surface area contributed by atoms with E-state index in [-0.39, 0.29) is 5.78 Å². The fourth-order valence-electron chi connectivity index (χ4n) is 1.89. The van der Waals surface area contributed by atoms with E-state index in [1.807, 2.05) is 55.5 Å². The highest BCUT2D eigenvalue weighted by molar-refractivity contribution is 7.99. The average molecular weight is 300 g/mol. The third kappa shape index (κ3) is 4.94. The minimum absolute atomic E-state index is 0.189. The van der Waals surface area contributed by atoms with Crippen molar-refractivity contribution in [2.24, 2.45) is 0 Å². The number of benzene rings is 2. The Labute approximate surface area is 130 Å². The summed E-state index contributed by atoms with van der Waals surface area (Å²) in [5.41, 5.74) is 2.02. The first-order valence-corrected chi connectivity index (χ1v) is 8.13. The highest BCUT2D eigenvalue weighted by atomic mass is 32.2. The summed E-state index contributed by atoms with van der Waals surface area (Å²) >= 11 is 1.73. The fraction of sp³-hybridized carbons (Fsp3) is 0.278. The van der Waals surface area contributed by atoms with Crippen molar-refractivity contribution in [2.45, 2.75) is 25.2 Å². The van der Waals surface area contributed by atoms with Crippen LogP contribution in [0.4, 0.5) is 0 Å².